The van der Waals surface area contributed by atoms with E-state index >= 15 is 0 Å². The van der Waals surface area contributed by atoms with Crippen LogP contribution in [0.4, 0.5) is 11.5 Å². The first kappa shape index (κ1) is 14.7. The van der Waals surface area contributed by atoms with Crippen LogP contribution < -0.4 is 5.73 Å². The summed E-state index contributed by atoms with van der Waals surface area (Å²) < 4.78 is 0. The number of aromatic nitrogens is 2. The van der Waals surface area contributed by atoms with E-state index in [0.717, 1.165) is 15.8 Å². The Morgan fingerprint density at radius 2 is 2.18 bits per heavy atom. The topological polar surface area (TPSA) is 94.9 Å². The number of thioether (sulfide) groups is 1. The van der Waals surface area contributed by atoms with Gasteiger partial charge in [-0.2, -0.15) is 0 Å². The lowest BCUT2D eigenvalue weighted by Gasteiger charge is -2.10. The number of nitrogens with zero attached hydrogens (tertiary/aromatic N) is 3. The lowest BCUT2D eigenvalue weighted by atomic mass is 10.1. The number of thiophene rings is 1. The van der Waals surface area contributed by atoms with Crippen molar-refractivity contribution in [3.63, 3.8) is 0 Å². The Morgan fingerprint density at radius 3 is 2.95 bits per heavy atom. The standard InChI is InChI=1S/C14H12N4O2S2/c1-8(9-3-2-4-10(7-9)18(19)20)22-14-16-12(15)11-5-6-21-13(11)17-14/h2-8H,1H3,(H2,15,16,17). The van der Waals surface area contributed by atoms with Gasteiger partial charge in [0.15, 0.2) is 5.16 Å². The van der Waals surface area contributed by atoms with E-state index in [1.165, 1.54) is 29.2 Å². The first-order valence-electron chi connectivity index (χ1n) is 6.46. The van der Waals surface area contributed by atoms with Gasteiger partial charge >= 0.3 is 0 Å². The Kier molecular flexibility index (Phi) is 3.95. The number of fused-ring (bicyclic) bond motifs is 1. The number of benzene rings is 1. The predicted molar refractivity (Wildman–Crippen MR) is 89.2 cm³/mol. The Labute approximate surface area is 134 Å². The maximum Gasteiger partial charge on any atom is 0.269 e. The van der Waals surface area contributed by atoms with Crippen molar-refractivity contribution < 1.29 is 4.92 Å². The van der Waals surface area contributed by atoms with Crippen LogP contribution in [0.3, 0.4) is 0 Å². The van der Waals surface area contributed by atoms with Crippen LogP contribution in [-0.2, 0) is 0 Å². The minimum Gasteiger partial charge on any atom is -0.383 e. The first-order valence-corrected chi connectivity index (χ1v) is 8.22. The van der Waals surface area contributed by atoms with Crippen molar-refractivity contribution in [1.82, 2.24) is 9.97 Å². The smallest absolute Gasteiger partial charge is 0.269 e. The summed E-state index contributed by atoms with van der Waals surface area (Å²) in [6.45, 7) is 1.96. The Balaban J connectivity index is 1.87. The van der Waals surface area contributed by atoms with E-state index in [-0.39, 0.29) is 10.9 Å². The minimum atomic E-state index is -0.396. The molecular formula is C14H12N4O2S2. The lowest BCUT2D eigenvalue weighted by molar-refractivity contribution is -0.384. The van der Waals surface area contributed by atoms with E-state index in [1.54, 1.807) is 12.1 Å². The molecule has 0 saturated carbocycles. The van der Waals surface area contributed by atoms with E-state index in [1.807, 2.05) is 24.4 Å². The van der Waals surface area contributed by atoms with Crippen LogP contribution in [0.15, 0.2) is 40.9 Å². The third-order valence-electron chi connectivity index (χ3n) is 3.17. The first-order chi connectivity index (χ1) is 10.5. The number of nitro benzene ring substituents is 1. The Morgan fingerprint density at radius 1 is 1.36 bits per heavy atom. The molecule has 0 aliphatic rings. The molecule has 0 saturated heterocycles. The van der Waals surface area contributed by atoms with Gasteiger partial charge in [-0.05, 0) is 23.9 Å². The van der Waals surface area contributed by atoms with Gasteiger partial charge in [-0.3, -0.25) is 10.1 Å². The number of non-ortho nitro benzene ring substituents is 1. The fourth-order valence-corrected chi connectivity index (χ4v) is 3.75. The van der Waals surface area contributed by atoms with Gasteiger partial charge in [-0.1, -0.05) is 23.9 Å². The van der Waals surface area contributed by atoms with Crippen molar-refractivity contribution >= 4 is 44.8 Å². The average Bonchev–Trinajstić information content (AvgIpc) is 2.96. The molecule has 112 valence electrons. The summed E-state index contributed by atoms with van der Waals surface area (Å²) in [6, 6.07) is 8.49. The van der Waals surface area contributed by atoms with Crippen LogP contribution in [0.1, 0.15) is 17.7 Å². The number of nitro groups is 1. The van der Waals surface area contributed by atoms with Crippen molar-refractivity contribution in [2.45, 2.75) is 17.3 Å². The molecule has 1 atom stereocenters. The Bertz CT molecular complexity index is 850. The molecule has 8 heteroatoms. The molecule has 0 fully saturated rings. The average molecular weight is 332 g/mol. The number of anilines is 1. The second kappa shape index (κ2) is 5.90. The summed E-state index contributed by atoms with van der Waals surface area (Å²) in [5.41, 5.74) is 6.87. The van der Waals surface area contributed by atoms with E-state index in [0.29, 0.717) is 11.0 Å². The zero-order chi connectivity index (χ0) is 15.7. The molecule has 2 N–H and O–H groups in total. The van der Waals surface area contributed by atoms with Crippen LogP contribution in [0.2, 0.25) is 0 Å². The highest BCUT2D eigenvalue weighted by Gasteiger charge is 2.15. The van der Waals surface area contributed by atoms with Gasteiger partial charge in [-0.15, -0.1) is 11.3 Å². The number of hydrogen-bond donors (Lipinski definition) is 1. The largest absolute Gasteiger partial charge is 0.383 e. The third-order valence-corrected chi connectivity index (χ3v) is 4.99. The summed E-state index contributed by atoms with van der Waals surface area (Å²) in [7, 11) is 0. The van der Waals surface area contributed by atoms with Crippen molar-refractivity contribution in [3.05, 3.63) is 51.4 Å². The molecule has 1 aromatic carbocycles. The molecule has 0 bridgehead atoms. The van der Waals surface area contributed by atoms with Crippen molar-refractivity contribution in [2.75, 3.05) is 5.73 Å². The number of hydrogen-bond acceptors (Lipinski definition) is 7. The molecule has 0 spiro atoms. The van der Waals surface area contributed by atoms with E-state index < -0.39 is 4.92 Å². The highest BCUT2D eigenvalue weighted by atomic mass is 32.2. The second-order valence-electron chi connectivity index (χ2n) is 4.64. The normalized spacial score (nSPS) is 12.4. The van der Waals surface area contributed by atoms with Gasteiger partial charge in [0.1, 0.15) is 10.6 Å². The summed E-state index contributed by atoms with van der Waals surface area (Å²) in [5.74, 6) is 0.458. The number of nitrogen functional groups attached to an aromatic ring is 1. The van der Waals surface area contributed by atoms with Crippen LogP contribution in [0.5, 0.6) is 0 Å². The molecule has 0 radical (unpaired) electrons. The van der Waals surface area contributed by atoms with E-state index in [2.05, 4.69) is 9.97 Å². The number of rotatable bonds is 4. The van der Waals surface area contributed by atoms with Crippen molar-refractivity contribution in [3.8, 4) is 0 Å². The molecule has 6 nitrogen and oxygen atoms in total. The van der Waals surface area contributed by atoms with Crippen molar-refractivity contribution in [2.24, 2.45) is 0 Å². The maximum atomic E-state index is 10.9. The van der Waals surface area contributed by atoms with Gasteiger partial charge in [0.2, 0.25) is 0 Å². The zero-order valence-electron chi connectivity index (χ0n) is 11.6. The van der Waals surface area contributed by atoms with Crippen LogP contribution in [0.25, 0.3) is 10.2 Å². The molecule has 2 heterocycles. The quantitative estimate of drug-likeness (QED) is 0.335. The van der Waals surface area contributed by atoms with Crippen LogP contribution in [-0.4, -0.2) is 14.9 Å². The minimum absolute atomic E-state index is 0.0169. The summed E-state index contributed by atoms with van der Waals surface area (Å²) in [6.07, 6.45) is 0. The summed E-state index contributed by atoms with van der Waals surface area (Å²) in [4.78, 5) is 20.1. The highest BCUT2D eigenvalue weighted by Crippen LogP contribution is 2.36. The van der Waals surface area contributed by atoms with E-state index in [9.17, 15) is 10.1 Å². The molecule has 3 aromatic rings. The predicted octanol–water partition coefficient (Wildman–Crippen LogP) is 4.04. The monoisotopic (exact) mass is 332 g/mol. The molecular weight excluding hydrogens is 320 g/mol. The molecule has 1 unspecified atom stereocenters. The van der Waals surface area contributed by atoms with Gasteiger partial charge in [0.25, 0.3) is 5.69 Å². The fraction of sp³-hybridized carbons (Fsp3) is 0.143. The van der Waals surface area contributed by atoms with E-state index in [4.69, 9.17) is 5.73 Å². The molecule has 0 amide bonds. The SMILES string of the molecule is CC(Sc1nc(N)c2ccsc2n1)c1cccc([N+](=O)[O-])c1. The fourth-order valence-electron chi connectivity index (χ4n) is 2.03. The van der Waals surface area contributed by atoms with Gasteiger partial charge in [0, 0.05) is 17.4 Å². The van der Waals surface area contributed by atoms with Crippen LogP contribution >= 0.6 is 23.1 Å². The summed E-state index contributed by atoms with van der Waals surface area (Å²) >= 11 is 2.94. The summed E-state index contributed by atoms with van der Waals surface area (Å²) in [5, 5.41) is 14.2. The molecule has 0 aliphatic carbocycles. The van der Waals surface area contributed by atoms with Gasteiger partial charge in [0.05, 0.1) is 10.3 Å². The molecule has 3 rings (SSSR count). The molecule has 22 heavy (non-hydrogen) atoms. The Hall–Kier alpha value is -2.19. The number of nitrogens with two attached hydrogens (primary N) is 1. The second-order valence-corrected chi connectivity index (χ2v) is 6.85. The van der Waals surface area contributed by atoms with Crippen molar-refractivity contribution in [1.29, 1.82) is 0 Å². The van der Waals surface area contributed by atoms with Gasteiger partial charge in [-0.25, -0.2) is 9.97 Å². The molecule has 0 aliphatic heterocycles. The highest BCUT2D eigenvalue weighted by molar-refractivity contribution is 7.99. The van der Waals surface area contributed by atoms with Crippen LogP contribution in [0, 0.1) is 10.1 Å². The zero-order valence-corrected chi connectivity index (χ0v) is 13.2. The van der Waals surface area contributed by atoms with Gasteiger partial charge < -0.3 is 5.73 Å². The third kappa shape index (κ3) is 2.88. The lowest BCUT2D eigenvalue weighted by Crippen LogP contribution is -1.97. The molecule has 2 aromatic heterocycles. The maximum absolute atomic E-state index is 10.9.